The summed E-state index contributed by atoms with van der Waals surface area (Å²) in [5.74, 6) is 0.343. The van der Waals surface area contributed by atoms with Crippen LogP contribution in [-0.2, 0) is 13.0 Å². The average molecular weight is 253 g/mol. The number of hydrogen-bond acceptors (Lipinski definition) is 2. The minimum absolute atomic E-state index is 0.343. The van der Waals surface area contributed by atoms with Crippen LogP contribution in [0.5, 0.6) is 5.75 Å². The quantitative estimate of drug-likeness (QED) is 0.881. The summed E-state index contributed by atoms with van der Waals surface area (Å²) < 4.78 is 0. The molecule has 0 fully saturated rings. The molecule has 2 nitrogen and oxygen atoms in total. The smallest absolute Gasteiger partial charge is 0.115 e. The highest BCUT2D eigenvalue weighted by molar-refractivity contribution is 5.56. The van der Waals surface area contributed by atoms with Gasteiger partial charge in [-0.2, -0.15) is 0 Å². The Kier molecular flexibility index (Phi) is 3.16. The second-order valence-electron chi connectivity index (χ2n) is 5.31. The van der Waals surface area contributed by atoms with Gasteiger partial charge in [-0.15, -0.1) is 0 Å². The molecule has 1 atom stereocenters. The van der Waals surface area contributed by atoms with Gasteiger partial charge in [0.05, 0.1) is 0 Å². The Hall–Kier alpha value is -1.96. The SMILES string of the molecule is CC1CCc2ccccc2N1Cc1cccc(O)c1. The van der Waals surface area contributed by atoms with Crippen molar-refractivity contribution >= 4 is 5.69 Å². The first-order chi connectivity index (χ1) is 9.24. The molecule has 0 aromatic heterocycles. The third kappa shape index (κ3) is 2.43. The zero-order chi connectivity index (χ0) is 13.2. The number of aryl methyl sites for hydroxylation is 1. The summed E-state index contributed by atoms with van der Waals surface area (Å²) in [4.78, 5) is 2.44. The maximum atomic E-state index is 9.59. The lowest BCUT2D eigenvalue weighted by Gasteiger charge is -2.37. The molecule has 19 heavy (non-hydrogen) atoms. The fourth-order valence-electron chi connectivity index (χ4n) is 2.85. The van der Waals surface area contributed by atoms with Crippen molar-refractivity contribution in [3.63, 3.8) is 0 Å². The second-order valence-corrected chi connectivity index (χ2v) is 5.31. The Balaban J connectivity index is 1.91. The van der Waals surface area contributed by atoms with Gasteiger partial charge in [0.25, 0.3) is 0 Å². The lowest BCUT2D eigenvalue weighted by atomic mass is 9.96. The van der Waals surface area contributed by atoms with Gasteiger partial charge in [-0.25, -0.2) is 0 Å². The Morgan fingerprint density at radius 2 is 2.00 bits per heavy atom. The Morgan fingerprint density at radius 1 is 1.16 bits per heavy atom. The summed E-state index contributed by atoms with van der Waals surface area (Å²) in [6.45, 7) is 3.13. The number of hydrogen-bond donors (Lipinski definition) is 1. The standard InChI is InChI=1S/C17H19NO/c1-13-9-10-15-6-2-3-8-17(15)18(13)12-14-5-4-7-16(19)11-14/h2-8,11,13,19H,9-10,12H2,1H3. The summed E-state index contributed by atoms with van der Waals surface area (Å²) >= 11 is 0. The molecule has 0 aliphatic carbocycles. The van der Waals surface area contributed by atoms with E-state index in [0.717, 1.165) is 18.5 Å². The molecular formula is C17H19NO. The van der Waals surface area contributed by atoms with Gasteiger partial charge in [0.1, 0.15) is 5.75 Å². The van der Waals surface area contributed by atoms with E-state index in [2.05, 4.69) is 42.2 Å². The third-order valence-electron chi connectivity index (χ3n) is 3.93. The molecule has 1 unspecified atom stereocenters. The number of para-hydroxylation sites is 1. The highest BCUT2D eigenvalue weighted by Crippen LogP contribution is 2.31. The van der Waals surface area contributed by atoms with Gasteiger partial charge in [0, 0.05) is 18.3 Å². The lowest BCUT2D eigenvalue weighted by molar-refractivity contribution is 0.474. The van der Waals surface area contributed by atoms with Crippen LogP contribution < -0.4 is 4.90 Å². The highest BCUT2D eigenvalue weighted by Gasteiger charge is 2.22. The summed E-state index contributed by atoms with van der Waals surface area (Å²) in [7, 11) is 0. The van der Waals surface area contributed by atoms with Crippen molar-refractivity contribution in [2.75, 3.05) is 4.90 Å². The van der Waals surface area contributed by atoms with Gasteiger partial charge in [-0.05, 0) is 49.1 Å². The number of rotatable bonds is 2. The molecule has 2 heteroatoms. The van der Waals surface area contributed by atoms with Crippen molar-refractivity contribution in [2.45, 2.75) is 32.4 Å². The first-order valence-corrected chi connectivity index (χ1v) is 6.86. The molecule has 3 rings (SSSR count). The maximum absolute atomic E-state index is 9.59. The van der Waals surface area contributed by atoms with Crippen molar-refractivity contribution in [1.82, 2.24) is 0 Å². The summed E-state index contributed by atoms with van der Waals surface area (Å²) in [5, 5.41) is 9.59. The van der Waals surface area contributed by atoms with Crippen LogP contribution in [0.2, 0.25) is 0 Å². The largest absolute Gasteiger partial charge is 0.508 e. The van der Waals surface area contributed by atoms with Crippen molar-refractivity contribution in [1.29, 1.82) is 0 Å². The summed E-state index contributed by atoms with van der Waals surface area (Å²) in [6.07, 6.45) is 2.35. The molecule has 1 N–H and O–H groups in total. The summed E-state index contributed by atoms with van der Waals surface area (Å²) in [5.41, 5.74) is 3.92. The first-order valence-electron chi connectivity index (χ1n) is 6.86. The molecule has 1 heterocycles. The molecule has 0 saturated carbocycles. The number of benzene rings is 2. The zero-order valence-corrected chi connectivity index (χ0v) is 11.2. The Labute approximate surface area is 114 Å². The van der Waals surface area contributed by atoms with Crippen LogP contribution in [0.1, 0.15) is 24.5 Å². The number of anilines is 1. The number of phenolic OH excluding ortho intramolecular Hbond substituents is 1. The fraction of sp³-hybridized carbons (Fsp3) is 0.294. The normalized spacial score (nSPS) is 18.2. The van der Waals surface area contributed by atoms with E-state index < -0.39 is 0 Å². The van der Waals surface area contributed by atoms with Crippen LogP contribution >= 0.6 is 0 Å². The molecule has 98 valence electrons. The maximum Gasteiger partial charge on any atom is 0.115 e. The van der Waals surface area contributed by atoms with Crippen molar-refractivity contribution in [3.8, 4) is 5.75 Å². The van der Waals surface area contributed by atoms with E-state index >= 15 is 0 Å². The van der Waals surface area contributed by atoms with Crippen LogP contribution in [0.4, 0.5) is 5.69 Å². The third-order valence-corrected chi connectivity index (χ3v) is 3.93. The predicted octanol–water partition coefficient (Wildman–Crippen LogP) is 3.73. The molecule has 0 radical (unpaired) electrons. The minimum atomic E-state index is 0.343. The Morgan fingerprint density at radius 3 is 2.84 bits per heavy atom. The predicted molar refractivity (Wildman–Crippen MR) is 78.5 cm³/mol. The Bertz CT molecular complexity index is 579. The van der Waals surface area contributed by atoms with Gasteiger partial charge in [0.15, 0.2) is 0 Å². The van der Waals surface area contributed by atoms with Gasteiger partial charge in [0.2, 0.25) is 0 Å². The van der Waals surface area contributed by atoms with E-state index in [0.29, 0.717) is 11.8 Å². The summed E-state index contributed by atoms with van der Waals surface area (Å²) in [6, 6.07) is 16.7. The number of fused-ring (bicyclic) bond motifs is 1. The topological polar surface area (TPSA) is 23.5 Å². The average Bonchev–Trinajstić information content (AvgIpc) is 2.42. The molecule has 1 aliphatic rings. The molecular weight excluding hydrogens is 234 g/mol. The van der Waals surface area contributed by atoms with E-state index in [4.69, 9.17) is 0 Å². The van der Waals surface area contributed by atoms with Crippen LogP contribution in [0.15, 0.2) is 48.5 Å². The zero-order valence-electron chi connectivity index (χ0n) is 11.2. The van der Waals surface area contributed by atoms with Gasteiger partial charge in [-0.3, -0.25) is 0 Å². The fourth-order valence-corrected chi connectivity index (χ4v) is 2.85. The lowest BCUT2D eigenvalue weighted by Crippen LogP contribution is -2.36. The molecule has 0 bridgehead atoms. The van der Waals surface area contributed by atoms with Crippen LogP contribution in [0.25, 0.3) is 0 Å². The van der Waals surface area contributed by atoms with E-state index in [1.807, 2.05) is 12.1 Å². The minimum Gasteiger partial charge on any atom is -0.508 e. The van der Waals surface area contributed by atoms with Crippen LogP contribution in [0, 0.1) is 0 Å². The van der Waals surface area contributed by atoms with E-state index in [-0.39, 0.29) is 0 Å². The monoisotopic (exact) mass is 253 g/mol. The van der Waals surface area contributed by atoms with Crippen LogP contribution in [-0.4, -0.2) is 11.1 Å². The number of nitrogens with zero attached hydrogens (tertiary/aromatic N) is 1. The van der Waals surface area contributed by atoms with E-state index in [9.17, 15) is 5.11 Å². The molecule has 2 aromatic rings. The van der Waals surface area contributed by atoms with Crippen molar-refractivity contribution in [2.24, 2.45) is 0 Å². The number of phenols is 1. The van der Waals surface area contributed by atoms with E-state index in [1.165, 1.54) is 17.7 Å². The van der Waals surface area contributed by atoms with Crippen molar-refractivity contribution < 1.29 is 5.11 Å². The molecule has 0 spiro atoms. The van der Waals surface area contributed by atoms with Crippen LogP contribution in [0.3, 0.4) is 0 Å². The van der Waals surface area contributed by atoms with Gasteiger partial charge < -0.3 is 10.0 Å². The van der Waals surface area contributed by atoms with Gasteiger partial charge in [-0.1, -0.05) is 30.3 Å². The molecule has 2 aromatic carbocycles. The first kappa shape index (κ1) is 12.1. The highest BCUT2D eigenvalue weighted by atomic mass is 16.3. The van der Waals surface area contributed by atoms with Gasteiger partial charge >= 0.3 is 0 Å². The molecule has 0 saturated heterocycles. The molecule has 0 amide bonds. The molecule has 1 aliphatic heterocycles. The van der Waals surface area contributed by atoms with E-state index in [1.54, 1.807) is 6.07 Å². The second kappa shape index (κ2) is 4.96. The number of aromatic hydroxyl groups is 1. The van der Waals surface area contributed by atoms with Crippen molar-refractivity contribution in [3.05, 3.63) is 59.7 Å².